The predicted molar refractivity (Wildman–Crippen MR) is 181 cm³/mol. The molecule has 2 nitrogen and oxygen atoms in total. The van der Waals surface area contributed by atoms with Crippen molar-refractivity contribution in [1.82, 2.24) is 9.13 Å². The molecule has 0 aliphatic heterocycles. The van der Waals surface area contributed by atoms with Crippen LogP contribution in [-0.4, -0.2) is 9.13 Å². The molecule has 0 aliphatic carbocycles. The highest BCUT2D eigenvalue weighted by Crippen LogP contribution is 2.35. The van der Waals surface area contributed by atoms with Gasteiger partial charge in [-0.25, -0.2) is 0 Å². The molecule has 0 bridgehead atoms. The van der Waals surface area contributed by atoms with Crippen molar-refractivity contribution >= 4 is 55.8 Å². The molecule has 2 heteroatoms. The van der Waals surface area contributed by atoms with Crippen molar-refractivity contribution in [2.75, 3.05) is 0 Å². The van der Waals surface area contributed by atoms with Crippen LogP contribution in [-0.2, 0) is 0 Å². The lowest BCUT2D eigenvalue weighted by Crippen LogP contribution is -1.94. The van der Waals surface area contributed by atoms with Crippen molar-refractivity contribution in [2.45, 2.75) is 0 Å². The zero-order valence-electron chi connectivity index (χ0n) is 23.2. The Morgan fingerprint density at radius 2 is 0.762 bits per heavy atom. The third-order valence-electron chi connectivity index (χ3n) is 8.45. The Hall–Kier alpha value is -5.60. The van der Waals surface area contributed by atoms with E-state index in [9.17, 15) is 0 Å². The van der Waals surface area contributed by atoms with Gasteiger partial charge in [0.1, 0.15) is 0 Å². The molecule has 42 heavy (non-hydrogen) atoms. The molecule has 0 radical (unpaired) electrons. The van der Waals surface area contributed by atoms with Crippen LogP contribution in [0.25, 0.3) is 78.3 Å². The summed E-state index contributed by atoms with van der Waals surface area (Å²) in [7, 11) is 0. The Kier molecular flexibility index (Phi) is 5.48. The Morgan fingerprint density at radius 3 is 1.17 bits per heavy atom. The summed E-state index contributed by atoms with van der Waals surface area (Å²) in [5, 5.41) is 4.99. The van der Waals surface area contributed by atoms with Crippen LogP contribution >= 0.6 is 0 Å². The minimum atomic E-state index is 1.12. The van der Waals surface area contributed by atoms with Gasteiger partial charge in [-0.1, -0.05) is 98.1 Å². The lowest BCUT2D eigenvalue weighted by Gasteiger charge is -2.11. The summed E-state index contributed by atoms with van der Waals surface area (Å²) in [5.41, 5.74) is 11.7. The fourth-order valence-electron chi connectivity index (χ4n) is 6.40. The van der Waals surface area contributed by atoms with Gasteiger partial charge in [-0.3, -0.25) is 0 Å². The van der Waals surface area contributed by atoms with Crippen LogP contribution in [0, 0.1) is 0 Å². The molecule has 2 heterocycles. The molecule has 0 aliphatic rings. The van der Waals surface area contributed by atoms with Gasteiger partial charge in [0, 0.05) is 32.9 Å². The zero-order valence-corrected chi connectivity index (χ0v) is 23.2. The number of rotatable bonds is 5. The molecule has 0 saturated heterocycles. The Balaban J connectivity index is 1.20. The second-order valence-corrected chi connectivity index (χ2v) is 10.8. The van der Waals surface area contributed by atoms with E-state index in [0.717, 1.165) is 22.5 Å². The highest BCUT2D eigenvalue weighted by Gasteiger charge is 2.14. The Bertz CT molecular complexity index is 2190. The van der Waals surface area contributed by atoms with E-state index in [0.29, 0.717) is 0 Å². The molecule has 0 fully saturated rings. The zero-order chi connectivity index (χ0) is 28.2. The molecule has 0 spiro atoms. The summed E-state index contributed by atoms with van der Waals surface area (Å²) in [5.74, 6) is 0. The maximum atomic E-state index is 3.98. The average molecular weight is 537 g/mol. The molecule has 8 aromatic rings. The first-order valence-corrected chi connectivity index (χ1v) is 14.3. The summed E-state index contributed by atoms with van der Waals surface area (Å²) < 4.78 is 4.70. The van der Waals surface area contributed by atoms with E-state index in [1.165, 1.54) is 54.7 Å². The number of hydrogen-bond donors (Lipinski definition) is 0. The van der Waals surface area contributed by atoms with E-state index in [-0.39, 0.29) is 0 Å². The lowest BCUT2D eigenvalue weighted by atomic mass is 10.0. The third-order valence-corrected chi connectivity index (χ3v) is 8.45. The van der Waals surface area contributed by atoms with Crippen LogP contribution in [0.1, 0.15) is 11.1 Å². The van der Waals surface area contributed by atoms with E-state index in [2.05, 4.69) is 156 Å². The van der Waals surface area contributed by atoms with Crippen molar-refractivity contribution < 1.29 is 0 Å². The molecule has 2 aromatic heterocycles. The maximum Gasteiger partial charge on any atom is 0.0541 e. The predicted octanol–water partition coefficient (Wildman–Crippen LogP) is 10.8. The maximum absolute atomic E-state index is 3.98. The highest BCUT2D eigenvalue weighted by molar-refractivity contribution is 6.11. The summed E-state index contributed by atoms with van der Waals surface area (Å²) >= 11 is 0. The van der Waals surface area contributed by atoms with E-state index in [1.807, 2.05) is 12.2 Å². The molecule has 6 aromatic carbocycles. The molecular formula is C40H28N2. The molecule has 198 valence electrons. The average Bonchev–Trinajstić information content (AvgIpc) is 3.57. The lowest BCUT2D eigenvalue weighted by molar-refractivity contribution is 1.18. The molecular weight excluding hydrogens is 508 g/mol. The van der Waals surface area contributed by atoms with Crippen molar-refractivity contribution in [3.8, 4) is 22.5 Å². The van der Waals surface area contributed by atoms with Crippen LogP contribution in [0.5, 0.6) is 0 Å². The van der Waals surface area contributed by atoms with Gasteiger partial charge in [-0.2, -0.15) is 0 Å². The van der Waals surface area contributed by atoms with E-state index < -0.39 is 0 Å². The Morgan fingerprint density at radius 1 is 0.381 bits per heavy atom. The molecule has 0 atom stereocenters. The highest BCUT2D eigenvalue weighted by atomic mass is 15.0. The van der Waals surface area contributed by atoms with Crippen molar-refractivity contribution in [2.24, 2.45) is 0 Å². The van der Waals surface area contributed by atoms with Gasteiger partial charge in [0.05, 0.1) is 22.1 Å². The summed E-state index contributed by atoms with van der Waals surface area (Å²) in [4.78, 5) is 0. The topological polar surface area (TPSA) is 9.86 Å². The smallest absolute Gasteiger partial charge is 0.0541 e. The van der Waals surface area contributed by atoms with E-state index >= 15 is 0 Å². The van der Waals surface area contributed by atoms with Crippen LogP contribution in [0.3, 0.4) is 0 Å². The second kappa shape index (κ2) is 9.50. The van der Waals surface area contributed by atoms with Crippen LogP contribution < -0.4 is 0 Å². The molecule has 0 saturated carbocycles. The van der Waals surface area contributed by atoms with Gasteiger partial charge in [0.15, 0.2) is 0 Å². The quantitative estimate of drug-likeness (QED) is 0.207. The summed E-state index contributed by atoms with van der Waals surface area (Å²) in [6.45, 7) is 7.95. The number of aromatic nitrogens is 2. The van der Waals surface area contributed by atoms with Gasteiger partial charge in [0.2, 0.25) is 0 Å². The minimum Gasteiger partial charge on any atom is -0.309 e. The van der Waals surface area contributed by atoms with Gasteiger partial charge >= 0.3 is 0 Å². The van der Waals surface area contributed by atoms with E-state index in [4.69, 9.17) is 0 Å². The van der Waals surface area contributed by atoms with Crippen molar-refractivity contribution in [3.63, 3.8) is 0 Å². The fraction of sp³-hybridized carbons (Fsp3) is 0. The third kappa shape index (κ3) is 3.66. The minimum absolute atomic E-state index is 1.12. The van der Waals surface area contributed by atoms with Crippen molar-refractivity contribution in [1.29, 1.82) is 0 Å². The molecule has 0 amide bonds. The van der Waals surface area contributed by atoms with Crippen LogP contribution in [0.15, 0.2) is 147 Å². The summed E-state index contributed by atoms with van der Waals surface area (Å²) in [6.07, 6.45) is 3.81. The van der Waals surface area contributed by atoms with Gasteiger partial charge in [-0.05, 0) is 82.9 Å². The second-order valence-electron chi connectivity index (χ2n) is 10.8. The first kappa shape index (κ1) is 24.2. The normalized spacial score (nSPS) is 11.5. The van der Waals surface area contributed by atoms with Gasteiger partial charge < -0.3 is 9.13 Å². The number of nitrogens with zero attached hydrogens (tertiary/aromatic N) is 2. The Labute approximate surface area is 244 Å². The van der Waals surface area contributed by atoms with E-state index in [1.54, 1.807) is 0 Å². The van der Waals surface area contributed by atoms with Gasteiger partial charge in [0.25, 0.3) is 0 Å². The molecule has 0 unspecified atom stereocenters. The van der Waals surface area contributed by atoms with Crippen molar-refractivity contribution in [3.05, 3.63) is 158 Å². The fourth-order valence-corrected chi connectivity index (χ4v) is 6.40. The standard InChI is InChI=1S/C40H28N2/c1-3-27-13-23-39-35(25-27)36-26-28(4-2)14-24-40(36)42(39)32-21-17-30(18-22-32)29-15-19-31(20-16-29)41-37-11-7-5-9-33(37)34-10-6-8-12-38(34)41/h3-26H,1-2H2. The number of benzene rings is 6. The molecule has 8 rings (SSSR count). The first-order chi connectivity index (χ1) is 20.7. The number of para-hydroxylation sites is 2. The molecule has 0 N–H and O–H groups in total. The number of fused-ring (bicyclic) bond motifs is 6. The summed E-state index contributed by atoms with van der Waals surface area (Å²) in [6, 6.07) is 48.1. The van der Waals surface area contributed by atoms with Gasteiger partial charge in [-0.15, -0.1) is 0 Å². The first-order valence-electron chi connectivity index (χ1n) is 14.3. The SMILES string of the molecule is C=Cc1ccc2c(c1)c1cc(C=C)ccc1n2-c1ccc(-c2ccc(-n3c4ccccc4c4ccccc43)cc2)cc1. The monoisotopic (exact) mass is 536 g/mol. The number of hydrogen-bond acceptors (Lipinski definition) is 0. The van der Waals surface area contributed by atoms with Crippen LogP contribution in [0.4, 0.5) is 0 Å². The largest absolute Gasteiger partial charge is 0.309 e. The van der Waals surface area contributed by atoms with Crippen LogP contribution in [0.2, 0.25) is 0 Å².